The van der Waals surface area contributed by atoms with Gasteiger partial charge in [-0.05, 0) is 50.6 Å². The molecule has 0 aliphatic heterocycles. The fraction of sp³-hybridized carbons (Fsp3) is 0.227. The SMILES string of the molecule is C[C@@H](Nc1c(C(N)=O)cnn2cc(-c3ccc4ncccc4c3)cc12)C(C)(C)F. The summed E-state index contributed by atoms with van der Waals surface area (Å²) >= 11 is 0. The van der Waals surface area contributed by atoms with E-state index in [-0.39, 0.29) is 5.56 Å². The van der Waals surface area contributed by atoms with Crippen molar-refractivity contribution in [3.05, 3.63) is 60.6 Å². The second-order valence-electron chi connectivity index (χ2n) is 7.70. The molecule has 0 fully saturated rings. The number of hydrogen-bond donors (Lipinski definition) is 2. The molecule has 4 aromatic rings. The zero-order valence-corrected chi connectivity index (χ0v) is 16.5. The van der Waals surface area contributed by atoms with E-state index in [4.69, 9.17) is 5.73 Å². The van der Waals surface area contributed by atoms with E-state index in [1.165, 1.54) is 20.0 Å². The normalized spacial score (nSPS) is 13.0. The molecule has 3 heterocycles. The summed E-state index contributed by atoms with van der Waals surface area (Å²) in [5.74, 6) is -0.620. The monoisotopic (exact) mass is 391 g/mol. The Kier molecular flexibility index (Phi) is 4.45. The lowest BCUT2D eigenvalue weighted by molar-refractivity contribution is 0.1000. The molecule has 0 spiro atoms. The van der Waals surface area contributed by atoms with Gasteiger partial charge in [-0.3, -0.25) is 9.78 Å². The first-order valence-corrected chi connectivity index (χ1v) is 9.36. The number of pyridine rings is 1. The van der Waals surface area contributed by atoms with Gasteiger partial charge in [0.1, 0.15) is 5.67 Å². The van der Waals surface area contributed by atoms with Crippen LogP contribution in [0.5, 0.6) is 0 Å². The Morgan fingerprint density at radius 3 is 2.76 bits per heavy atom. The Hall–Kier alpha value is -3.48. The number of hydrogen-bond acceptors (Lipinski definition) is 4. The van der Waals surface area contributed by atoms with Crippen LogP contribution in [0.2, 0.25) is 0 Å². The standard InChI is InChI=1S/C22H22FN5O/c1-13(22(2,3)23)27-20-17(21(24)29)11-26-28-12-16(10-19(20)28)14-6-7-18-15(9-14)5-4-8-25-18/h4-13,27H,1-3H3,(H2,24,29)/t13-/m1/s1. The van der Waals surface area contributed by atoms with E-state index in [1.54, 1.807) is 17.6 Å². The lowest BCUT2D eigenvalue weighted by atomic mass is 10.0. The van der Waals surface area contributed by atoms with Crippen molar-refractivity contribution < 1.29 is 9.18 Å². The van der Waals surface area contributed by atoms with Crippen LogP contribution in [0.3, 0.4) is 0 Å². The van der Waals surface area contributed by atoms with E-state index in [9.17, 15) is 9.18 Å². The first-order valence-electron chi connectivity index (χ1n) is 9.36. The van der Waals surface area contributed by atoms with Crippen molar-refractivity contribution in [2.45, 2.75) is 32.5 Å². The van der Waals surface area contributed by atoms with Gasteiger partial charge >= 0.3 is 0 Å². The van der Waals surface area contributed by atoms with Crippen LogP contribution < -0.4 is 11.1 Å². The van der Waals surface area contributed by atoms with Crippen LogP contribution in [0.4, 0.5) is 10.1 Å². The summed E-state index contributed by atoms with van der Waals surface area (Å²) in [6.45, 7) is 4.70. The van der Waals surface area contributed by atoms with Gasteiger partial charge in [-0.1, -0.05) is 12.1 Å². The third-order valence-corrected chi connectivity index (χ3v) is 5.23. The summed E-state index contributed by atoms with van der Waals surface area (Å²) in [5, 5.41) is 8.46. The third-order valence-electron chi connectivity index (χ3n) is 5.23. The highest BCUT2D eigenvalue weighted by atomic mass is 19.1. The molecule has 29 heavy (non-hydrogen) atoms. The lowest BCUT2D eigenvalue weighted by Crippen LogP contribution is -2.36. The Morgan fingerprint density at radius 1 is 1.24 bits per heavy atom. The van der Waals surface area contributed by atoms with Crippen molar-refractivity contribution in [1.82, 2.24) is 14.6 Å². The number of nitrogens with two attached hydrogens (primary N) is 1. The van der Waals surface area contributed by atoms with Crippen molar-refractivity contribution >= 4 is 28.0 Å². The predicted molar refractivity (Wildman–Crippen MR) is 113 cm³/mol. The summed E-state index contributed by atoms with van der Waals surface area (Å²) in [5.41, 5.74) is 8.21. The largest absolute Gasteiger partial charge is 0.377 e. The summed E-state index contributed by atoms with van der Waals surface area (Å²) < 4.78 is 16.1. The molecule has 0 aliphatic carbocycles. The maximum atomic E-state index is 14.4. The second-order valence-corrected chi connectivity index (χ2v) is 7.70. The molecule has 3 N–H and O–H groups in total. The molecule has 1 amide bonds. The van der Waals surface area contributed by atoms with E-state index >= 15 is 0 Å². The molecule has 0 unspecified atom stereocenters. The van der Waals surface area contributed by atoms with Crippen LogP contribution in [0.1, 0.15) is 31.1 Å². The number of alkyl halides is 1. The molecule has 0 saturated heterocycles. The number of carbonyl (C=O) groups excluding carboxylic acids is 1. The number of halogens is 1. The van der Waals surface area contributed by atoms with Crippen LogP contribution in [0.25, 0.3) is 27.5 Å². The van der Waals surface area contributed by atoms with E-state index < -0.39 is 17.6 Å². The maximum Gasteiger partial charge on any atom is 0.252 e. The molecule has 6 nitrogen and oxygen atoms in total. The van der Waals surface area contributed by atoms with Gasteiger partial charge in [0.2, 0.25) is 0 Å². The number of carbonyl (C=O) groups is 1. The molecular formula is C22H22FN5O. The highest BCUT2D eigenvalue weighted by molar-refractivity contribution is 6.02. The molecule has 1 aromatic carbocycles. The minimum absolute atomic E-state index is 0.223. The minimum Gasteiger partial charge on any atom is -0.377 e. The Balaban J connectivity index is 1.86. The number of nitrogens with zero attached hydrogens (tertiary/aromatic N) is 3. The number of amides is 1. The first-order chi connectivity index (χ1) is 13.7. The van der Waals surface area contributed by atoms with Crippen LogP contribution >= 0.6 is 0 Å². The Labute approximate surface area is 167 Å². The number of aromatic nitrogens is 3. The van der Waals surface area contributed by atoms with Crippen molar-refractivity contribution in [3.63, 3.8) is 0 Å². The quantitative estimate of drug-likeness (QED) is 0.534. The highest BCUT2D eigenvalue weighted by Crippen LogP contribution is 2.31. The summed E-state index contributed by atoms with van der Waals surface area (Å²) in [6.07, 6.45) is 5.03. The fourth-order valence-corrected chi connectivity index (χ4v) is 3.20. The van der Waals surface area contributed by atoms with E-state index in [2.05, 4.69) is 15.4 Å². The van der Waals surface area contributed by atoms with Gasteiger partial charge in [0, 0.05) is 23.3 Å². The molecule has 7 heteroatoms. The first kappa shape index (κ1) is 18.9. The minimum atomic E-state index is -1.49. The third kappa shape index (κ3) is 3.51. The molecule has 4 rings (SSSR count). The van der Waals surface area contributed by atoms with Gasteiger partial charge in [0.15, 0.2) is 0 Å². The van der Waals surface area contributed by atoms with Gasteiger partial charge in [-0.2, -0.15) is 5.10 Å². The second kappa shape index (κ2) is 6.84. The Bertz CT molecular complexity index is 1230. The molecule has 0 saturated carbocycles. The van der Waals surface area contributed by atoms with Gasteiger partial charge in [-0.15, -0.1) is 0 Å². The molecular weight excluding hydrogens is 369 g/mol. The number of rotatable bonds is 5. The zero-order valence-electron chi connectivity index (χ0n) is 16.5. The van der Waals surface area contributed by atoms with Crippen molar-refractivity contribution in [1.29, 1.82) is 0 Å². The van der Waals surface area contributed by atoms with Gasteiger partial charge < -0.3 is 11.1 Å². The van der Waals surface area contributed by atoms with E-state index in [0.717, 1.165) is 22.0 Å². The number of fused-ring (bicyclic) bond motifs is 2. The molecule has 3 aromatic heterocycles. The number of primary amides is 1. The summed E-state index contributed by atoms with van der Waals surface area (Å²) in [6, 6.07) is 11.3. The number of nitrogens with one attached hydrogen (secondary N) is 1. The number of anilines is 1. The van der Waals surface area contributed by atoms with Crippen molar-refractivity contribution in [2.24, 2.45) is 5.73 Å². The molecule has 0 bridgehead atoms. The summed E-state index contributed by atoms with van der Waals surface area (Å²) in [4.78, 5) is 16.3. The smallest absolute Gasteiger partial charge is 0.252 e. The Morgan fingerprint density at radius 2 is 2.03 bits per heavy atom. The highest BCUT2D eigenvalue weighted by Gasteiger charge is 2.27. The average molecular weight is 391 g/mol. The van der Waals surface area contributed by atoms with E-state index in [0.29, 0.717) is 11.2 Å². The maximum absolute atomic E-state index is 14.4. The molecule has 148 valence electrons. The molecule has 0 radical (unpaired) electrons. The zero-order chi connectivity index (χ0) is 20.8. The average Bonchev–Trinajstić information content (AvgIpc) is 3.11. The molecule has 1 atom stereocenters. The lowest BCUT2D eigenvalue weighted by Gasteiger charge is -2.26. The van der Waals surface area contributed by atoms with E-state index in [1.807, 2.05) is 42.6 Å². The van der Waals surface area contributed by atoms with Crippen molar-refractivity contribution in [2.75, 3.05) is 5.32 Å². The van der Waals surface area contributed by atoms with Gasteiger partial charge in [-0.25, -0.2) is 8.91 Å². The van der Waals surface area contributed by atoms with Gasteiger partial charge in [0.25, 0.3) is 5.91 Å². The predicted octanol–water partition coefficient (Wildman–Crippen LogP) is 4.20. The van der Waals surface area contributed by atoms with Crippen LogP contribution in [-0.4, -0.2) is 32.2 Å². The fourth-order valence-electron chi connectivity index (χ4n) is 3.20. The van der Waals surface area contributed by atoms with Gasteiger partial charge in [0.05, 0.1) is 34.5 Å². The van der Waals surface area contributed by atoms with Crippen LogP contribution in [-0.2, 0) is 0 Å². The summed E-state index contributed by atoms with van der Waals surface area (Å²) in [7, 11) is 0. The van der Waals surface area contributed by atoms with Crippen LogP contribution in [0, 0.1) is 0 Å². The van der Waals surface area contributed by atoms with Crippen molar-refractivity contribution in [3.8, 4) is 11.1 Å². The topological polar surface area (TPSA) is 85.3 Å². The van der Waals surface area contributed by atoms with Crippen LogP contribution in [0.15, 0.2) is 55.0 Å². The molecule has 0 aliphatic rings. The number of benzene rings is 1.